The van der Waals surface area contributed by atoms with Crippen LogP contribution < -0.4 is 5.32 Å². The normalized spacial score (nSPS) is 35.8. The van der Waals surface area contributed by atoms with E-state index in [2.05, 4.69) is 37.9 Å². The molecule has 15 heavy (non-hydrogen) atoms. The van der Waals surface area contributed by atoms with Crippen molar-refractivity contribution in [2.24, 2.45) is 5.41 Å². The number of nitrogens with one attached hydrogen (secondary N) is 1. The Morgan fingerprint density at radius 3 is 2.53 bits per heavy atom. The second-order valence-electron chi connectivity index (χ2n) is 6.36. The first kappa shape index (κ1) is 11.4. The van der Waals surface area contributed by atoms with E-state index in [0.29, 0.717) is 11.5 Å². The van der Waals surface area contributed by atoms with Crippen LogP contribution >= 0.6 is 0 Å². The standard InChI is InChI=1S/C13H26N2/c1-10(2)14-11-6-5-7-15(9-11)12-8-13(12,3)4/h10-12,14H,5-9H2,1-4H3. The Hall–Kier alpha value is -0.0800. The molecule has 0 radical (unpaired) electrons. The van der Waals surface area contributed by atoms with E-state index in [9.17, 15) is 0 Å². The van der Waals surface area contributed by atoms with Gasteiger partial charge in [0.15, 0.2) is 0 Å². The number of hydrogen-bond acceptors (Lipinski definition) is 2. The highest BCUT2D eigenvalue weighted by atomic mass is 15.2. The first-order chi connectivity index (χ1) is 6.99. The molecule has 1 aliphatic heterocycles. The van der Waals surface area contributed by atoms with Crippen LogP contribution in [0.15, 0.2) is 0 Å². The van der Waals surface area contributed by atoms with Crippen molar-refractivity contribution < 1.29 is 0 Å². The van der Waals surface area contributed by atoms with Gasteiger partial charge >= 0.3 is 0 Å². The zero-order valence-corrected chi connectivity index (χ0v) is 10.7. The Kier molecular flexibility index (Phi) is 3.09. The topological polar surface area (TPSA) is 15.3 Å². The number of hydrogen-bond donors (Lipinski definition) is 1. The van der Waals surface area contributed by atoms with Crippen molar-refractivity contribution in [1.82, 2.24) is 10.2 Å². The monoisotopic (exact) mass is 210 g/mol. The lowest BCUT2D eigenvalue weighted by Crippen LogP contribution is -2.49. The summed E-state index contributed by atoms with van der Waals surface area (Å²) in [5, 5.41) is 3.68. The largest absolute Gasteiger partial charge is 0.311 e. The van der Waals surface area contributed by atoms with Crippen molar-refractivity contribution in [3.63, 3.8) is 0 Å². The molecule has 1 N–H and O–H groups in total. The Morgan fingerprint density at radius 1 is 1.33 bits per heavy atom. The molecule has 0 amide bonds. The van der Waals surface area contributed by atoms with E-state index in [1.54, 1.807) is 0 Å². The van der Waals surface area contributed by atoms with E-state index in [1.165, 1.54) is 32.4 Å². The Balaban J connectivity index is 1.83. The zero-order chi connectivity index (χ0) is 11.1. The van der Waals surface area contributed by atoms with Gasteiger partial charge in [0.2, 0.25) is 0 Å². The molecule has 2 heteroatoms. The summed E-state index contributed by atoms with van der Waals surface area (Å²) in [6, 6.07) is 2.23. The van der Waals surface area contributed by atoms with Crippen molar-refractivity contribution in [1.29, 1.82) is 0 Å². The van der Waals surface area contributed by atoms with Gasteiger partial charge in [-0.3, -0.25) is 4.90 Å². The van der Waals surface area contributed by atoms with E-state index in [0.717, 1.165) is 12.1 Å². The predicted molar refractivity (Wildman–Crippen MR) is 65.1 cm³/mol. The summed E-state index contributed by atoms with van der Waals surface area (Å²) in [6.07, 6.45) is 4.14. The summed E-state index contributed by atoms with van der Waals surface area (Å²) in [7, 11) is 0. The van der Waals surface area contributed by atoms with Crippen LogP contribution in [0.5, 0.6) is 0 Å². The minimum atomic E-state index is 0.597. The Morgan fingerprint density at radius 2 is 2.00 bits per heavy atom. The lowest BCUT2D eigenvalue weighted by molar-refractivity contribution is 0.161. The lowest BCUT2D eigenvalue weighted by Gasteiger charge is -2.35. The Labute approximate surface area is 94.4 Å². The maximum atomic E-state index is 3.68. The molecular formula is C13H26N2. The van der Waals surface area contributed by atoms with Crippen LogP contribution in [0.1, 0.15) is 47.0 Å². The van der Waals surface area contributed by atoms with Crippen molar-refractivity contribution in [3.8, 4) is 0 Å². The maximum absolute atomic E-state index is 3.68. The summed E-state index contributed by atoms with van der Waals surface area (Å²) in [4.78, 5) is 2.71. The molecule has 2 fully saturated rings. The summed E-state index contributed by atoms with van der Waals surface area (Å²) in [6.45, 7) is 11.9. The van der Waals surface area contributed by atoms with E-state index in [-0.39, 0.29) is 0 Å². The smallest absolute Gasteiger partial charge is 0.0197 e. The molecule has 2 nitrogen and oxygen atoms in total. The lowest BCUT2D eigenvalue weighted by atomic mass is 10.0. The second kappa shape index (κ2) is 4.06. The van der Waals surface area contributed by atoms with Gasteiger partial charge in [0.05, 0.1) is 0 Å². The van der Waals surface area contributed by atoms with Crippen molar-refractivity contribution in [2.45, 2.75) is 65.1 Å². The van der Waals surface area contributed by atoms with Gasteiger partial charge in [-0.25, -0.2) is 0 Å². The van der Waals surface area contributed by atoms with Crippen LogP contribution in [0.4, 0.5) is 0 Å². The van der Waals surface area contributed by atoms with Gasteiger partial charge in [-0.1, -0.05) is 27.7 Å². The number of rotatable bonds is 3. The minimum Gasteiger partial charge on any atom is -0.311 e. The van der Waals surface area contributed by atoms with Crippen molar-refractivity contribution >= 4 is 0 Å². The molecule has 2 atom stereocenters. The molecule has 2 rings (SSSR count). The third-order valence-corrected chi connectivity index (χ3v) is 3.92. The molecule has 0 bridgehead atoms. The highest BCUT2D eigenvalue weighted by Crippen LogP contribution is 2.49. The molecule has 2 unspecified atom stereocenters. The van der Waals surface area contributed by atoms with E-state index < -0.39 is 0 Å². The van der Waals surface area contributed by atoms with E-state index in [4.69, 9.17) is 0 Å². The maximum Gasteiger partial charge on any atom is 0.0197 e. The quantitative estimate of drug-likeness (QED) is 0.768. The third-order valence-electron chi connectivity index (χ3n) is 3.92. The molecule has 0 aromatic carbocycles. The summed E-state index contributed by atoms with van der Waals surface area (Å²) >= 11 is 0. The summed E-state index contributed by atoms with van der Waals surface area (Å²) in [5.74, 6) is 0. The van der Waals surface area contributed by atoms with Gasteiger partial charge in [0.1, 0.15) is 0 Å². The fraction of sp³-hybridized carbons (Fsp3) is 1.00. The molecule has 1 saturated carbocycles. The summed E-state index contributed by atoms with van der Waals surface area (Å²) in [5.41, 5.74) is 0.597. The van der Waals surface area contributed by atoms with Crippen molar-refractivity contribution in [3.05, 3.63) is 0 Å². The van der Waals surface area contributed by atoms with E-state index >= 15 is 0 Å². The van der Waals surface area contributed by atoms with Crippen LogP contribution in [0.3, 0.4) is 0 Å². The van der Waals surface area contributed by atoms with Gasteiger partial charge in [-0.2, -0.15) is 0 Å². The highest BCUT2D eigenvalue weighted by Gasteiger charge is 2.49. The van der Waals surface area contributed by atoms with Crippen molar-refractivity contribution in [2.75, 3.05) is 13.1 Å². The average Bonchev–Trinajstić information content (AvgIpc) is 2.74. The van der Waals surface area contributed by atoms with Gasteiger partial charge in [-0.15, -0.1) is 0 Å². The van der Waals surface area contributed by atoms with Crippen LogP contribution in [-0.2, 0) is 0 Å². The molecule has 1 aliphatic carbocycles. The predicted octanol–water partition coefficient (Wildman–Crippen LogP) is 2.25. The second-order valence-corrected chi connectivity index (χ2v) is 6.36. The zero-order valence-electron chi connectivity index (χ0n) is 10.7. The van der Waals surface area contributed by atoms with Crippen LogP contribution in [0.2, 0.25) is 0 Å². The first-order valence-corrected chi connectivity index (χ1v) is 6.49. The van der Waals surface area contributed by atoms with Crippen LogP contribution in [0, 0.1) is 5.41 Å². The van der Waals surface area contributed by atoms with Crippen LogP contribution in [0.25, 0.3) is 0 Å². The molecule has 0 aromatic rings. The first-order valence-electron chi connectivity index (χ1n) is 6.49. The fourth-order valence-electron chi connectivity index (χ4n) is 2.96. The average molecular weight is 210 g/mol. The molecule has 88 valence electrons. The molecule has 1 saturated heterocycles. The molecule has 0 aromatic heterocycles. The number of nitrogens with zero attached hydrogens (tertiary/aromatic N) is 1. The third kappa shape index (κ3) is 2.73. The number of likely N-dealkylation sites (tertiary alicyclic amines) is 1. The SMILES string of the molecule is CC(C)NC1CCCN(C2CC2(C)C)C1. The van der Waals surface area contributed by atoms with E-state index in [1.807, 2.05) is 0 Å². The highest BCUT2D eigenvalue weighted by molar-refractivity contribution is 5.04. The van der Waals surface area contributed by atoms with Gasteiger partial charge in [0, 0.05) is 24.7 Å². The molecule has 1 heterocycles. The van der Waals surface area contributed by atoms with Gasteiger partial charge in [-0.05, 0) is 31.2 Å². The van der Waals surface area contributed by atoms with Crippen LogP contribution in [-0.4, -0.2) is 36.1 Å². The fourth-order valence-corrected chi connectivity index (χ4v) is 2.96. The van der Waals surface area contributed by atoms with Gasteiger partial charge < -0.3 is 5.32 Å². The number of piperidine rings is 1. The molecule has 2 aliphatic rings. The summed E-state index contributed by atoms with van der Waals surface area (Å²) < 4.78 is 0. The molecular weight excluding hydrogens is 184 g/mol. The Bertz CT molecular complexity index is 223. The minimum absolute atomic E-state index is 0.597. The van der Waals surface area contributed by atoms with Gasteiger partial charge in [0.25, 0.3) is 0 Å². The molecule has 0 spiro atoms.